The fourth-order valence-electron chi connectivity index (χ4n) is 1.83. The maximum atomic E-state index is 11.7. The number of aromatic nitrogens is 1. The van der Waals surface area contributed by atoms with Crippen LogP contribution in [-0.2, 0) is 4.74 Å². The molecule has 19 heavy (non-hydrogen) atoms. The Labute approximate surface area is 111 Å². The van der Waals surface area contributed by atoms with Gasteiger partial charge in [0.05, 0.1) is 7.11 Å². The van der Waals surface area contributed by atoms with Gasteiger partial charge in [-0.15, -0.1) is 0 Å². The predicted molar refractivity (Wildman–Crippen MR) is 72.3 cm³/mol. The van der Waals surface area contributed by atoms with Crippen molar-refractivity contribution in [1.29, 1.82) is 0 Å². The van der Waals surface area contributed by atoms with E-state index in [1.807, 2.05) is 43.3 Å². The number of anilines is 1. The second-order valence-electron chi connectivity index (χ2n) is 4.40. The molecule has 5 heteroatoms. The molecule has 0 fully saturated rings. The second kappa shape index (κ2) is 5.14. The lowest BCUT2D eigenvalue weighted by Crippen LogP contribution is -2.08. The van der Waals surface area contributed by atoms with Crippen molar-refractivity contribution in [3.63, 3.8) is 0 Å². The molecule has 0 unspecified atom stereocenters. The van der Waals surface area contributed by atoms with E-state index in [-0.39, 0.29) is 0 Å². The zero-order valence-electron chi connectivity index (χ0n) is 11.4. The molecule has 0 spiro atoms. The van der Waals surface area contributed by atoms with Crippen LogP contribution in [0.2, 0.25) is 0 Å². The summed E-state index contributed by atoms with van der Waals surface area (Å²) < 4.78 is 9.84. The lowest BCUT2D eigenvalue weighted by Gasteiger charge is -2.12. The molecule has 0 radical (unpaired) electrons. The fraction of sp³-hybridized carbons (Fsp3) is 0.286. The van der Waals surface area contributed by atoms with E-state index in [1.54, 1.807) is 6.92 Å². The first-order valence-corrected chi connectivity index (χ1v) is 5.87. The maximum absolute atomic E-state index is 11.7. The maximum Gasteiger partial charge on any atom is 0.343 e. The van der Waals surface area contributed by atoms with Gasteiger partial charge in [0.1, 0.15) is 17.0 Å². The molecule has 0 saturated carbocycles. The van der Waals surface area contributed by atoms with Crippen LogP contribution in [0.1, 0.15) is 16.1 Å². The van der Waals surface area contributed by atoms with Gasteiger partial charge in [0.25, 0.3) is 0 Å². The third kappa shape index (κ3) is 2.45. The first kappa shape index (κ1) is 13.1. The van der Waals surface area contributed by atoms with Gasteiger partial charge in [0.2, 0.25) is 0 Å². The van der Waals surface area contributed by atoms with E-state index < -0.39 is 5.97 Å². The zero-order chi connectivity index (χ0) is 14.0. The summed E-state index contributed by atoms with van der Waals surface area (Å²) in [5.74, 6) is 0.0176. The number of carbonyl (C=O) groups excluding carboxylic acids is 1. The predicted octanol–water partition coefficient (Wildman–Crippen LogP) is 2.50. The average molecular weight is 260 g/mol. The van der Waals surface area contributed by atoms with Crippen molar-refractivity contribution >= 4 is 11.7 Å². The molecule has 0 amide bonds. The van der Waals surface area contributed by atoms with Gasteiger partial charge in [-0.1, -0.05) is 17.3 Å². The molecule has 0 aliphatic rings. The average Bonchev–Trinajstić information content (AvgIpc) is 2.80. The summed E-state index contributed by atoms with van der Waals surface area (Å²) in [5, 5.41) is 3.94. The Morgan fingerprint density at radius 3 is 2.42 bits per heavy atom. The van der Waals surface area contributed by atoms with Crippen LogP contribution in [0.5, 0.6) is 0 Å². The minimum atomic E-state index is -0.439. The number of nitrogens with zero attached hydrogens (tertiary/aromatic N) is 2. The quantitative estimate of drug-likeness (QED) is 0.794. The van der Waals surface area contributed by atoms with Crippen molar-refractivity contribution in [2.24, 2.45) is 0 Å². The van der Waals surface area contributed by atoms with E-state index in [0.29, 0.717) is 17.0 Å². The highest BCUT2D eigenvalue weighted by Gasteiger charge is 2.22. The van der Waals surface area contributed by atoms with Crippen LogP contribution in [0.4, 0.5) is 5.69 Å². The van der Waals surface area contributed by atoms with E-state index in [2.05, 4.69) is 5.16 Å². The summed E-state index contributed by atoms with van der Waals surface area (Å²) in [4.78, 5) is 13.7. The highest BCUT2D eigenvalue weighted by Crippen LogP contribution is 2.27. The zero-order valence-corrected chi connectivity index (χ0v) is 11.4. The van der Waals surface area contributed by atoms with E-state index in [0.717, 1.165) is 11.3 Å². The van der Waals surface area contributed by atoms with Gasteiger partial charge in [-0.3, -0.25) is 0 Å². The van der Waals surface area contributed by atoms with Crippen molar-refractivity contribution in [3.8, 4) is 11.3 Å². The Balaban J connectivity index is 2.45. The summed E-state index contributed by atoms with van der Waals surface area (Å²) in [6.07, 6.45) is 0. The number of esters is 1. The monoisotopic (exact) mass is 260 g/mol. The van der Waals surface area contributed by atoms with Crippen LogP contribution < -0.4 is 4.90 Å². The lowest BCUT2D eigenvalue weighted by molar-refractivity contribution is 0.0599. The van der Waals surface area contributed by atoms with Gasteiger partial charge in [-0.25, -0.2) is 4.79 Å². The highest BCUT2D eigenvalue weighted by molar-refractivity contribution is 5.97. The number of ether oxygens (including phenoxy) is 1. The number of hydrogen-bond acceptors (Lipinski definition) is 5. The van der Waals surface area contributed by atoms with Crippen LogP contribution in [0.25, 0.3) is 11.3 Å². The molecule has 100 valence electrons. The molecule has 0 N–H and O–H groups in total. The van der Waals surface area contributed by atoms with Gasteiger partial charge in [-0.2, -0.15) is 0 Å². The Kier molecular flexibility index (Phi) is 3.55. The van der Waals surface area contributed by atoms with E-state index in [4.69, 9.17) is 9.26 Å². The van der Waals surface area contributed by atoms with Crippen LogP contribution >= 0.6 is 0 Å². The third-order valence-corrected chi connectivity index (χ3v) is 2.91. The molecule has 1 heterocycles. The summed E-state index contributed by atoms with van der Waals surface area (Å²) in [6, 6.07) is 7.72. The number of benzene rings is 1. The standard InChI is InChI=1S/C14H16N2O3/c1-9-12(14(17)18-4)13(15-19-9)10-5-7-11(8-6-10)16(2)3/h5-8H,1-4H3. The van der Waals surface area contributed by atoms with Crippen molar-refractivity contribution in [3.05, 3.63) is 35.6 Å². The largest absolute Gasteiger partial charge is 0.465 e. The Bertz CT molecular complexity index is 585. The molecule has 5 nitrogen and oxygen atoms in total. The molecule has 1 aromatic heterocycles. The lowest BCUT2D eigenvalue weighted by atomic mass is 10.1. The van der Waals surface area contributed by atoms with Gasteiger partial charge in [0.15, 0.2) is 0 Å². The van der Waals surface area contributed by atoms with E-state index in [9.17, 15) is 4.79 Å². The van der Waals surface area contributed by atoms with E-state index >= 15 is 0 Å². The first-order chi connectivity index (χ1) is 9.04. The minimum absolute atomic E-state index is 0.375. The summed E-state index contributed by atoms with van der Waals surface area (Å²) in [6.45, 7) is 1.69. The molecule has 2 aromatic rings. The molecule has 0 bridgehead atoms. The molecule has 0 aliphatic heterocycles. The second-order valence-corrected chi connectivity index (χ2v) is 4.40. The highest BCUT2D eigenvalue weighted by atomic mass is 16.5. The molecule has 2 rings (SSSR count). The first-order valence-electron chi connectivity index (χ1n) is 5.87. The molecular weight excluding hydrogens is 244 g/mol. The molecule has 0 atom stereocenters. The fourth-order valence-corrected chi connectivity index (χ4v) is 1.83. The Morgan fingerprint density at radius 1 is 1.26 bits per heavy atom. The van der Waals surface area contributed by atoms with Crippen molar-refractivity contribution in [2.75, 3.05) is 26.1 Å². The number of rotatable bonds is 3. The van der Waals surface area contributed by atoms with Crippen LogP contribution in [0, 0.1) is 6.92 Å². The number of carbonyl (C=O) groups is 1. The third-order valence-electron chi connectivity index (χ3n) is 2.91. The smallest absolute Gasteiger partial charge is 0.343 e. The van der Waals surface area contributed by atoms with E-state index in [1.165, 1.54) is 7.11 Å². The van der Waals surface area contributed by atoms with Crippen LogP contribution in [-0.4, -0.2) is 32.3 Å². The molecule has 1 aromatic carbocycles. The van der Waals surface area contributed by atoms with Gasteiger partial charge >= 0.3 is 5.97 Å². The molecule has 0 saturated heterocycles. The normalized spacial score (nSPS) is 10.3. The van der Waals surface area contributed by atoms with Gasteiger partial charge < -0.3 is 14.2 Å². The number of methoxy groups -OCH3 is 1. The van der Waals surface area contributed by atoms with Gasteiger partial charge in [0, 0.05) is 25.3 Å². The minimum Gasteiger partial charge on any atom is -0.465 e. The van der Waals surface area contributed by atoms with Gasteiger partial charge in [-0.05, 0) is 19.1 Å². The van der Waals surface area contributed by atoms with Crippen molar-refractivity contribution < 1.29 is 14.1 Å². The summed E-state index contributed by atoms with van der Waals surface area (Å²) in [5.41, 5.74) is 2.78. The van der Waals surface area contributed by atoms with Crippen molar-refractivity contribution in [1.82, 2.24) is 5.16 Å². The SMILES string of the molecule is COC(=O)c1c(-c2ccc(N(C)C)cc2)noc1C. The topological polar surface area (TPSA) is 55.6 Å². The molecule has 0 aliphatic carbocycles. The summed E-state index contributed by atoms with van der Waals surface area (Å²) >= 11 is 0. The molecular formula is C14H16N2O3. The Morgan fingerprint density at radius 2 is 1.89 bits per heavy atom. The Hall–Kier alpha value is -2.30. The number of hydrogen-bond donors (Lipinski definition) is 0. The van der Waals surface area contributed by atoms with Crippen LogP contribution in [0.3, 0.4) is 0 Å². The van der Waals surface area contributed by atoms with Crippen LogP contribution in [0.15, 0.2) is 28.8 Å². The summed E-state index contributed by atoms with van der Waals surface area (Å²) in [7, 11) is 5.28. The number of aryl methyl sites for hydroxylation is 1. The van der Waals surface area contributed by atoms with Crippen molar-refractivity contribution in [2.45, 2.75) is 6.92 Å².